The second-order valence-electron chi connectivity index (χ2n) is 7.07. The van der Waals surface area contributed by atoms with Crippen molar-refractivity contribution in [3.63, 3.8) is 0 Å². The molecule has 26 heavy (non-hydrogen) atoms. The van der Waals surface area contributed by atoms with Crippen LogP contribution in [-0.4, -0.2) is 32.8 Å². The van der Waals surface area contributed by atoms with Crippen LogP contribution in [0.3, 0.4) is 0 Å². The van der Waals surface area contributed by atoms with Crippen LogP contribution < -0.4 is 4.90 Å². The molecule has 0 spiro atoms. The summed E-state index contributed by atoms with van der Waals surface area (Å²) in [4.78, 5) is 11.7. The Morgan fingerprint density at radius 3 is 2.65 bits per heavy atom. The zero-order valence-electron chi connectivity index (χ0n) is 15.5. The first kappa shape index (κ1) is 16.8. The number of benzene rings is 1. The molecule has 1 saturated heterocycles. The molecule has 0 saturated carbocycles. The molecule has 0 bridgehead atoms. The molecular weight excluding hydrogens is 322 g/mol. The number of nitrogens with zero attached hydrogens (tertiary/aromatic N) is 5. The number of aryl methyl sites for hydroxylation is 2. The fraction of sp³-hybridized carbons (Fsp3) is 0.381. The summed E-state index contributed by atoms with van der Waals surface area (Å²) in [5, 5.41) is 4.43. The maximum absolute atomic E-state index is 4.84. The smallest absolute Gasteiger partial charge is 0.225 e. The lowest BCUT2D eigenvalue weighted by molar-refractivity contribution is 0.611. The van der Waals surface area contributed by atoms with E-state index in [4.69, 9.17) is 4.98 Å². The molecule has 0 radical (unpaired) electrons. The average Bonchev–Trinajstić information content (AvgIpc) is 2.87. The van der Waals surface area contributed by atoms with Gasteiger partial charge in [-0.05, 0) is 43.7 Å². The van der Waals surface area contributed by atoms with Gasteiger partial charge in [-0.25, -0.2) is 9.97 Å². The predicted molar refractivity (Wildman–Crippen MR) is 104 cm³/mol. The van der Waals surface area contributed by atoms with Crippen molar-refractivity contribution in [2.24, 2.45) is 7.05 Å². The van der Waals surface area contributed by atoms with Crippen LogP contribution >= 0.6 is 0 Å². The standard InChI is InChI=1S/C21H25N5/c1-16-19(15-25(2)24-16)20-10-12-22-21(23-20)26-13-6-9-18(11-14-26)17-7-4-3-5-8-17/h3-5,7-8,10,12,15,18H,6,9,11,13-14H2,1-2H3/t18-/m1/s1. The van der Waals surface area contributed by atoms with E-state index in [9.17, 15) is 0 Å². The number of anilines is 1. The molecule has 5 heteroatoms. The highest BCUT2D eigenvalue weighted by atomic mass is 15.3. The third kappa shape index (κ3) is 3.47. The minimum absolute atomic E-state index is 0.630. The fourth-order valence-corrected chi connectivity index (χ4v) is 3.86. The molecular formula is C21H25N5. The van der Waals surface area contributed by atoms with Crippen LogP contribution in [0.2, 0.25) is 0 Å². The Bertz CT molecular complexity index is 871. The summed E-state index contributed by atoms with van der Waals surface area (Å²) in [7, 11) is 1.94. The van der Waals surface area contributed by atoms with Gasteiger partial charge in [0, 0.05) is 38.1 Å². The van der Waals surface area contributed by atoms with Gasteiger partial charge in [0.15, 0.2) is 0 Å². The van der Waals surface area contributed by atoms with Crippen LogP contribution in [0.15, 0.2) is 48.8 Å². The Hall–Kier alpha value is -2.69. The van der Waals surface area contributed by atoms with Gasteiger partial charge in [-0.2, -0.15) is 5.10 Å². The molecule has 2 aromatic heterocycles. The van der Waals surface area contributed by atoms with Crippen LogP contribution in [0.25, 0.3) is 11.3 Å². The van der Waals surface area contributed by atoms with Crippen molar-refractivity contribution in [2.75, 3.05) is 18.0 Å². The average molecular weight is 347 g/mol. The SMILES string of the molecule is Cc1nn(C)cc1-c1ccnc(N2CCC[C@@H](c3ccccc3)CC2)n1. The summed E-state index contributed by atoms with van der Waals surface area (Å²) in [6.45, 7) is 4.03. The zero-order chi connectivity index (χ0) is 17.9. The monoisotopic (exact) mass is 347 g/mol. The molecule has 1 fully saturated rings. The molecule has 1 aliphatic heterocycles. The normalized spacial score (nSPS) is 17.9. The van der Waals surface area contributed by atoms with Gasteiger partial charge in [-0.3, -0.25) is 4.68 Å². The lowest BCUT2D eigenvalue weighted by atomic mass is 9.92. The van der Waals surface area contributed by atoms with Crippen LogP contribution in [0, 0.1) is 6.92 Å². The minimum atomic E-state index is 0.630. The Morgan fingerprint density at radius 1 is 1.04 bits per heavy atom. The highest BCUT2D eigenvalue weighted by Gasteiger charge is 2.20. The molecule has 0 aliphatic carbocycles. The lowest BCUT2D eigenvalue weighted by Gasteiger charge is -2.21. The summed E-state index contributed by atoms with van der Waals surface area (Å²) in [6, 6.07) is 12.8. The molecule has 4 rings (SSSR count). The Labute approximate surface area is 154 Å². The Morgan fingerprint density at radius 2 is 1.88 bits per heavy atom. The second kappa shape index (κ2) is 7.28. The fourth-order valence-electron chi connectivity index (χ4n) is 3.86. The van der Waals surface area contributed by atoms with Crippen molar-refractivity contribution in [3.8, 4) is 11.3 Å². The van der Waals surface area contributed by atoms with E-state index in [-0.39, 0.29) is 0 Å². The van der Waals surface area contributed by atoms with Gasteiger partial charge in [0.25, 0.3) is 0 Å². The third-order valence-electron chi connectivity index (χ3n) is 5.21. The third-order valence-corrected chi connectivity index (χ3v) is 5.21. The maximum atomic E-state index is 4.84. The summed E-state index contributed by atoms with van der Waals surface area (Å²) < 4.78 is 1.84. The molecule has 3 heterocycles. The van der Waals surface area contributed by atoms with Crippen molar-refractivity contribution >= 4 is 5.95 Å². The quantitative estimate of drug-likeness (QED) is 0.719. The molecule has 3 aromatic rings. The summed E-state index contributed by atoms with van der Waals surface area (Å²) in [5.41, 5.74) is 4.48. The van der Waals surface area contributed by atoms with E-state index in [0.717, 1.165) is 42.4 Å². The zero-order valence-corrected chi connectivity index (χ0v) is 15.5. The summed E-state index contributed by atoms with van der Waals surface area (Å²) in [6.07, 6.45) is 7.42. The van der Waals surface area contributed by atoms with Gasteiger partial charge in [0.1, 0.15) is 0 Å². The molecule has 0 amide bonds. The first-order valence-corrected chi connectivity index (χ1v) is 9.34. The molecule has 0 N–H and O–H groups in total. The number of aromatic nitrogens is 4. The van der Waals surface area contributed by atoms with Crippen molar-refractivity contribution in [1.29, 1.82) is 0 Å². The van der Waals surface area contributed by atoms with E-state index in [2.05, 4.69) is 45.3 Å². The van der Waals surface area contributed by atoms with Gasteiger partial charge in [-0.15, -0.1) is 0 Å². The molecule has 1 atom stereocenters. The summed E-state index contributed by atoms with van der Waals surface area (Å²) in [5.74, 6) is 1.46. The van der Waals surface area contributed by atoms with Gasteiger partial charge in [0.05, 0.1) is 11.4 Å². The van der Waals surface area contributed by atoms with Gasteiger partial charge in [0.2, 0.25) is 5.95 Å². The van der Waals surface area contributed by atoms with E-state index in [1.165, 1.54) is 18.4 Å². The first-order valence-electron chi connectivity index (χ1n) is 9.34. The van der Waals surface area contributed by atoms with E-state index in [0.29, 0.717) is 5.92 Å². The van der Waals surface area contributed by atoms with E-state index >= 15 is 0 Å². The van der Waals surface area contributed by atoms with Crippen LogP contribution in [-0.2, 0) is 7.05 Å². The van der Waals surface area contributed by atoms with E-state index in [1.54, 1.807) is 0 Å². The number of hydrogen-bond donors (Lipinski definition) is 0. The van der Waals surface area contributed by atoms with Crippen LogP contribution in [0.1, 0.15) is 36.4 Å². The van der Waals surface area contributed by atoms with E-state index < -0.39 is 0 Å². The molecule has 1 aliphatic rings. The maximum Gasteiger partial charge on any atom is 0.225 e. The van der Waals surface area contributed by atoms with Crippen molar-refractivity contribution in [2.45, 2.75) is 32.1 Å². The molecule has 1 aromatic carbocycles. The second-order valence-corrected chi connectivity index (χ2v) is 7.07. The highest BCUT2D eigenvalue weighted by molar-refractivity contribution is 5.61. The number of hydrogen-bond acceptors (Lipinski definition) is 4. The van der Waals surface area contributed by atoms with E-state index in [1.807, 2.05) is 37.1 Å². The van der Waals surface area contributed by atoms with Gasteiger partial charge < -0.3 is 4.90 Å². The molecule has 0 unspecified atom stereocenters. The predicted octanol–water partition coefficient (Wildman–Crippen LogP) is 3.96. The summed E-state index contributed by atoms with van der Waals surface area (Å²) >= 11 is 0. The van der Waals surface area contributed by atoms with Crippen molar-refractivity contribution in [3.05, 3.63) is 60.0 Å². The lowest BCUT2D eigenvalue weighted by Crippen LogP contribution is -2.26. The molecule has 5 nitrogen and oxygen atoms in total. The van der Waals surface area contributed by atoms with Crippen molar-refractivity contribution in [1.82, 2.24) is 19.7 Å². The highest BCUT2D eigenvalue weighted by Crippen LogP contribution is 2.29. The van der Waals surface area contributed by atoms with Crippen LogP contribution in [0.4, 0.5) is 5.95 Å². The number of rotatable bonds is 3. The van der Waals surface area contributed by atoms with Crippen LogP contribution in [0.5, 0.6) is 0 Å². The van der Waals surface area contributed by atoms with Gasteiger partial charge >= 0.3 is 0 Å². The molecule has 134 valence electrons. The largest absolute Gasteiger partial charge is 0.341 e. The minimum Gasteiger partial charge on any atom is -0.341 e. The van der Waals surface area contributed by atoms with Crippen molar-refractivity contribution < 1.29 is 0 Å². The Kier molecular flexibility index (Phi) is 4.69. The first-order chi connectivity index (χ1) is 12.7. The van der Waals surface area contributed by atoms with Gasteiger partial charge in [-0.1, -0.05) is 30.3 Å². The topological polar surface area (TPSA) is 46.8 Å². The Balaban J connectivity index is 1.53.